The number of para-hydroxylation sites is 1. The van der Waals surface area contributed by atoms with Gasteiger partial charge in [0, 0.05) is 6.61 Å². The molecule has 2 nitrogen and oxygen atoms in total. The average Bonchev–Trinajstić information content (AvgIpc) is 2.36. The molecule has 0 aliphatic heterocycles. The Balaban J connectivity index is 2.93. The lowest BCUT2D eigenvalue weighted by Crippen LogP contribution is -2.43. The van der Waals surface area contributed by atoms with E-state index >= 15 is 0 Å². The summed E-state index contributed by atoms with van der Waals surface area (Å²) in [6.07, 6.45) is 2.03. The van der Waals surface area contributed by atoms with Gasteiger partial charge in [-0.2, -0.15) is 0 Å². The van der Waals surface area contributed by atoms with Gasteiger partial charge >= 0.3 is 0 Å². The Morgan fingerprint density at radius 2 is 1.50 bits per heavy atom. The molecule has 0 spiro atoms. The van der Waals surface area contributed by atoms with Crippen molar-refractivity contribution in [1.82, 2.24) is 0 Å². The highest BCUT2D eigenvalue weighted by Crippen LogP contribution is 2.31. The van der Waals surface area contributed by atoms with Crippen LogP contribution in [0.15, 0.2) is 30.3 Å². The SMILES string of the molecule is CCOCC(CC(C)C)(CC(C)C)Oc1ccccc1. The summed E-state index contributed by atoms with van der Waals surface area (Å²) in [7, 11) is 0. The fourth-order valence-corrected chi connectivity index (χ4v) is 2.83. The predicted octanol–water partition coefficient (Wildman–Crippen LogP) is 4.93. The molecule has 0 heterocycles. The monoisotopic (exact) mass is 278 g/mol. The van der Waals surface area contributed by atoms with Gasteiger partial charge in [-0.15, -0.1) is 0 Å². The van der Waals surface area contributed by atoms with E-state index in [1.807, 2.05) is 37.3 Å². The second-order valence-electron chi connectivity index (χ2n) is 6.43. The number of hydrogen-bond acceptors (Lipinski definition) is 2. The van der Waals surface area contributed by atoms with Gasteiger partial charge in [-0.1, -0.05) is 45.9 Å². The summed E-state index contributed by atoms with van der Waals surface area (Å²) >= 11 is 0. The third-order valence-electron chi connectivity index (χ3n) is 3.21. The number of benzene rings is 1. The molecule has 0 aliphatic carbocycles. The molecule has 20 heavy (non-hydrogen) atoms. The summed E-state index contributed by atoms with van der Waals surface area (Å²) in [5, 5.41) is 0. The standard InChI is InChI=1S/C18H30O2/c1-6-19-14-18(12-15(2)3,13-16(4)5)20-17-10-8-7-9-11-17/h7-11,15-16H,6,12-14H2,1-5H3. The van der Waals surface area contributed by atoms with Crippen molar-refractivity contribution in [2.45, 2.75) is 53.1 Å². The largest absolute Gasteiger partial charge is 0.485 e. The van der Waals surface area contributed by atoms with Crippen LogP contribution in [-0.4, -0.2) is 18.8 Å². The third kappa shape index (κ3) is 5.96. The minimum absolute atomic E-state index is 0.223. The lowest BCUT2D eigenvalue weighted by atomic mass is 9.85. The Morgan fingerprint density at radius 1 is 0.950 bits per heavy atom. The molecule has 114 valence electrons. The van der Waals surface area contributed by atoms with Crippen molar-refractivity contribution in [3.8, 4) is 5.75 Å². The van der Waals surface area contributed by atoms with E-state index in [2.05, 4.69) is 27.7 Å². The van der Waals surface area contributed by atoms with Crippen LogP contribution in [0.1, 0.15) is 47.5 Å². The van der Waals surface area contributed by atoms with Crippen LogP contribution in [0.25, 0.3) is 0 Å². The van der Waals surface area contributed by atoms with Gasteiger partial charge < -0.3 is 9.47 Å². The Labute approximate surface area is 124 Å². The molecule has 0 unspecified atom stereocenters. The molecule has 1 aromatic carbocycles. The third-order valence-corrected chi connectivity index (χ3v) is 3.21. The maximum atomic E-state index is 6.40. The number of rotatable bonds is 9. The summed E-state index contributed by atoms with van der Waals surface area (Å²) in [6, 6.07) is 10.1. The fraction of sp³-hybridized carbons (Fsp3) is 0.667. The summed E-state index contributed by atoms with van der Waals surface area (Å²) in [5.74, 6) is 2.10. The molecular formula is C18H30O2. The van der Waals surface area contributed by atoms with Gasteiger partial charge in [0.15, 0.2) is 0 Å². The van der Waals surface area contributed by atoms with Crippen LogP contribution in [-0.2, 0) is 4.74 Å². The summed E-state index contributed by atoms with van der Waals surface area (Å²) in [5.41, 5.74) is -0.223. The minimum Gasteiger partial charge on any atom is -0.485 e. The molecule has 0 fully saturated rings. The quantitative estimate of drug-likeness (QED) is 0.637. The van der Waals surface area contributed by atoms with Crippen molar-refractivity contribution >= 4 is 0 Å². The van der Waals surface area contributed by atoms with Gasteiger partial charge in [-0.05, 0) is 43.7 Å². The molecular weight excluding hydrogens is 248 g/mol. The van der Waals surface area contributed by atoms with Gasteiger partial charge in [0.2, 0.25) is 0 Å². The summed E-state index contributed by atoms with van der Waals surface area (Å²) < 4.78 is 12.1. The van der Waals surface area contributed by atoms with Gasteiger partial charge in [-0.25, -0.2) is 0 Å². The maximum Gasteiger partial charge on any atom is 0.133 e. The normalized spacial score (nSPS) is 12.2. The maximum absolute atomic E-state index is 6.40. The van der Waals surface area contributed by atoms with Gasteiger partial charge in [-0.3, -0.25) is 0 Å². The first-order valence-corrected chi connectivity index (χ1v) is 7.79. The highest BCUT2D eigenvalue weighted by atomic mass is 16.5. The van der Waals surface area contributed by atoms with Crippen LogP contribution in [0.2, 0.25) is 0 Å². The minimum atomic E-state index is -0.223. The first-order chi connectivity index (χ1) is 9.47. The van der Waals surface area contributed by atoms with E-state index in [0.29, 0.717) is 18.4 Å². The molecule has 0 atom stereocenters. The smallest absolute Gasteiger partial charge is 0.133 e. The molecule has 0 radical (unpaired) electrons. The van der Waals surface area contributed by atoms with E-state index in [9.17, 15) is 0 Å². The lowest BCUT2D eigenvalue weighted by molar-refractivity contribution is -0.0493. The van der Waals surface area contributed by atoms with E-state index < -0.39 is 0 Å². The molecule has 1 aromatic rings. The van der Waals surface area contributed by atoms with Crippen LogP contribution in [0.4, 0.5) is 0 Å². The van der Waals surface area contributed by atoms with Crippen molar-refractivity contribution < 1.29 is 9.47 Å². The predicted molar refractivity (Wildman–Crippen MR) is 85.2 cm³/mol. The molecule has 0 N–H and O–H groups in total. The second kappa shape index (κ2) is 8.31. The average molecular weight is 278 g/mol. The molecule has 0 aromatic heterocycles. The molecule has 0 saturated heterocycles. The molecule has 1 rings (SSSR count). The topological polar surface area (TPSA) is 18.5 Å². The Kier molecular flexibility index (Phi) is 7.08. The molecule has 0 bridgehead atoms. The van der Waals surface area contributed by atoms with Crippen molar-refractivity contribution in [3.63, 3.8) is 0 Å². The van der Waals surface area contributed by atoms with E-state index in [1.165, 1.54) is 0 Å². The van der Waals surface area contributed by atoms with Crippen LogP contribution < -0.4 is 4.74 Å². The zero-order chi connectivity index (χ0) is 15.0. The van der Waals surface area contributed by atoms with Crippen molar-refractivity contribution in [2.75, 3.05) is 13.2 Å². The number of ether oxygens (including phenoxy) is 2. The molecule has 0 saturated carbocycles. The van der Waals surface area contributed by atoms with Crippen LogP contribution in [0, 0.1) is 11.8 Å². The van der Waals surface area contributed by atoms with Crippen molar-refractivity contribution in [2.24, 2.45) is 11.8 Å². The van der Waals surface area contributed by atoms with E-state index in [1.54, 1.807) is 0 Å². The summed E-state index contributed by atoms with van der Waals surface area (Å²) in [4.78, 5) is 0. The van der Waals surface area contributed by atoms with Gasteiger partial charge in [0.1, 0.15) is 11.4 Å². The van der Waals surface area contributed by atoms with Crippen LogP contribution in [0.5, 0.6) is 5.75 Å². The zero-order valence-electron chi connectivity index (χ0n) is 13.7. The highest BCUT2D eigenvalue weighted by molar-refractivity contribution is 5.22. The van der Waals surface area contributed by atoms with Crippen LogP contribution >= 0.6 is 0 Å². The molecule has 2 heteroatoms. The molecule has 0 aliphatic rings. The van der Waals surface area contributed by atoms with E-state index in [4.69, 9.17) is 9.47 Å². The van der Waals surface area contributed by atoms with E-state index in [0.717, 1.165) is 25.2 Å². The Morgan fingerprint density at radius 3 is 1.95 bits per heavy atom. The van der Waals surface area contributed by atoms with E-state index in [-0.39, 0.29) is 5.60 Å². The highest BCUT2D eigenvalue weighted by Gasteiger charge is 2.34. The van der Waals surface area contributed by atoms with Gasteiger partial charge in [0.05, 0.1) is 6.61 Å². The van der Waals surface area contributed by atoms with Gasteiger partial charge in [0.25, 0.3) is 0 Å². The summed E-state index contributed by atoms with van der Waals surface area (Å²) in [6.45, 7) is 12.4. The number of hydrogen-bond donors (Lipinski definition) is 0. The van der Waals surface area contributed by atoms with Crippen LogP contribution in [0.3, 0.4) is 0 Å². The Bertz CT molecular complexity index is 347. The van der Waals surface area contributed by atoms with Crippen molar-refractivity contribution in [3.05, 3.63) is 30.3 Å². The van der Waals surface area contributed by atoms with Crippen molar-refractivity contribution in [1.29, 1.82) is 0 Å². The zero-order valence-corrected chi connectivity index (χ0v) is 13.7. The first-order valence-electron chi connectivity index (χ1n) is 7.79. The first kappa shape index (κ1) is 17.0. The fourth-order valence-electron chi connectivity index (χ4n) is 2.83. The Hall–Kier alpha value is -1.02. The second-order valence-corrected chi connectivity index (χ2v) is 6.43. The molecule has 0 amide bonds. The lowest BCUT2D eigenvalue weighted by Gasteiger charge is -2.37.